The van der Waals surface area contributed by atoms with E-state index in [2.05, 4.69) is 15.9 Å². The summed E-state index contributed by atoms with van der Waals surface area (Å²) in [5, 5.41) is 9.71. The molecule has 0 unspecified atom stereocenters. The Balaban J connectivity index is 2.13. The van der Waals surface area contributed by atoms with Crippen molar-refractivity contribution < 1.29 is 14.2 Å². The highest BCUT2D eigenvalue weighted by Gasteiger charge is 2.10. The molecule has 0 saturated heterocycles. The second-order valence-corrected chi connectivity index (χ2v) is 5.19. The highest BCUT2D eigenvalue weighted by molar-refractivity contribution is 9.10. The van der Waals surface area contributed by atoms with E-state index in [0.29, 0.717) is 12.4 Å². The molecule has 2 nitrogen and oxygen atoms in total. The summed E-state index contributed by atoms with van der Waals surface area (Å²) in [7, 11) is 0. The Morgan fingerprint density at radius 1 is 1.21 bits per heavy atom. The quantitative estimate of drug-likeness (QED) is 0.912. The summed E-state index contributed by atoms with van der Waals surface area (Å²) in [6.45, 7) is 2.02. The topological polar surface area (TPSA) is 29.5 Å². The number of aliphatic hydroxyl groups excluding tert-OH is 1. The molecule has 4 heteroatoms. The Kier molecular flexibility index (Phi) is 4.56. The van der Waals surface area contributed by atoms with E-state index in [-0.39, 0.29) is 5.82 Å². The number of ether oxygens (including phenoxy) is 1. The normalized spacial score (nSPS) is 12.2. The maximum atomic E-state index is 12.8. The van der Waals surface area contributed by atoms with Gasteiger partial charge in [0.1, 0.15) is 18.2 Å². The number of halogens is 2. The van der Waals surface area contributed by atoms with Gasteiger partial charge >= 0.3 is 0 Å². The number of benzene rings is 2. The summed E-state index contributed by atoms with van der Waals surface area (Å²) < 4.78 is 19.3. The van der Waals surface area contributed by atoms with Crippen molar-refractivity contribution in [2.24, 2.45) is 0 Å². The van der Waals surface area contributed by atoms with Crippen molar-refractivity contribution in [1.29, 1.82) is 0 Å². The first-order valence-electron chi connectivity index (χ1n) is 5.91. The number of hydrogen-bond acceptors (Lipinski definition) is 2. The van der Waals surface area contributed by atoms with Gasteiger partial charge in [0.25, 0.3) is 0 Å². The molecule has 0 spiro atoms. The highest BCUT2D eigenvalue weighted by atomic mass is 79.9. The van der Waals surface area contributed by atoms with E-state index >= 15 is 0 Å². The molecule has 0 saturated carbocycles. The predicted molar refractivity (Wildman–Crippen MR) is 75.5 cm³/mol. The average molecular weight is 325 g/mol. The zero-order valence-electron chi connectivity index (χ0n) is 10.4. The SMILES string of the molecule is C[C@@H](O)c1cc(Br)ccc1OCc1ccc(F)cc1. The van der Waals surface area contributed by atoms with Crippen molar-refractivity contribution in [3.63, 3.8) is 0 Å². The molecule has 2 rings (SSSR count). The first-order valence-corrected chi connectivity index (χ1v) is 6.70. The second-order valence-electron chi connectivity index (χ2n) is 4.27. The molecule has 1 atom stereocenters. The molecule has 2 aromatic rings. The van der Waals surface area contributed by atoms with Gasteiger partial charge in [-0.05, 0) is 42.8 Å². The van der Waals surface area contributed by atoms with Crippen LogP contribution in [-0.2, 0) is 6.61 Å². The third-order valence-corrected chi connectivity index (χ3v) is 3.22. The standard InChI is InChI=1S/C15H14BrFO2/c1-10(18)14-8-12(16)4-7-15(14)19-9-11-2-5-13(17)6-3-11/h2-8,10,18H,9H2,1H3/t10-/m1/s1. The van der Waals surface area contributed by atoms with Crippen LogP contribution in [0.4, 0.5) is 4.39 Å². The number of rotatable bonds is 4. The monoisotopic (exact) mass is 324 g/mol. The number of aliphatic hydroxyl groups is 1. The zero-order valence-corrected chi connectivity index (χ0v) is 12.0. The molecule has 100 valence electrons. The maximum absolute atomic E-state index is 12.8. The summed E-state index contributed by atoms with van der Waals surface area (Å²) in [6, 6.07) is 11.6. The van der Waals surface area contributed by atoms with Crippen molar-refractivity contribution in [3.05, 3.63) is 63.9 Å². The van der Waals surface area contributed by atoms with Crippen molar-refractivity contribution in [3.8, 4) is 5.75 Å². The fourth-order valence-electron chi connectivity index (χ4n) is 1.72. The summed E-state index contributed by atoms with van der Waals surface area (Å²) in [5.74, 6) is 0.361. The van der Waals surface area contributed by atoms with E-state index in [0.717, 1.165) is 15.6 Å². The number of hydrogen-bond donors (Lipinski definition) is 1. The molecule has 0 radical (unpaired) electrons. The molecule has 0 heterocycles. The minimum absolute atomic E-state index is 0.267. The van der Waals surface area contributed by atoms with Gasteiger partial charge in [-0.25, -0.2) is 4.39 Å². The fourth-order valence-corrected chi connectivity index (χ4v) is 2.10. The molecule has 0 aliphatic carbocycles. The highest BCUT2D eigenvalue weighted by Crippen LogP contribution is 2.29. The Morgan fingerprint density at radius 2 is 1.89 bits per heavy atom. The van der Waals surface area contributed by atoms with Crippen molar-refractivity contribution in [1.82, 2.24) is 0 Å². The van der Waals surface area contributed by atoms with Crippen molar-refractivity contribution in [2.75, 3.05) is 0 Å². The average Bonchev–Trinajstić information content (AvgIpc) is 2.39. The lowest BCUT2D eigenvalue weighted by molar-refractivity contribution is 0.190. The molecule has 19 heavy (non-hydrogen) atoms. The van der Waals surface area contributed by atoms with Gasteiger partial charge in [0, 0.05) is 10.0 Å². The molecule has 0 fully saturated rings. The second kappa shape index (κ2) is 6.17. The van der Waals surface area contributed by atoms with E-state index in [1.54, 1.807) is 25.1 Å². The Hall–Kier alpha value is -1.39. The van der Waals surface area contributed by atoms with Crippen LogP contribution in [0.3, 0.4) is 0 Å². The van der Waals surface area contributed by atoms with Crippen LogP contribution in [0.5, 0.6) is 5.75 Å². The fraction of sp³-hybridized carbons (Fsp3) is 0.200. The third kappa shape index (κ3) is 3.78. The minimum Gasteiger partial charge on any atom is -0.489 e. The summed E-state index contributed by atoms with van der Waals surface area (Å²) in [5.41, 5.74) is 1.59. The molecule has 0 amide bonds. The van der Waals surface area contributed by atoms with Gasteiger partial charge < -0.3 is 9.84 Å². The minimum atomic E-state index is -0.610. The van der Waals surface area contributed by atoms with Crippen LogP contribution in [-0.4, -0.2) is 5.11 Å². The Morgan fingerprint density at radius 3 is 2.53 bits per heavy atom. The van der Waals surface area contributed by atoms with E-state index < -0.39 is 6.10 Å². The van der Waals surface area contributed by atoms with Gasteiger partial charge in [-0.2, -0.15) is 0 Å². The van der Waals surface area contributed by atoms with E-state index in [4.69, 9.17) is 4.74 Å². The molecule has 1 N–H and O–H groups in total. The molecular formula is C15H14BrFO2. The lowest BCUT2D eigenvalue weighted by Crippen LogP contribution is -2.01. The van der Waals surface area contributed by atoms with E-state index in [1.807, 2.05) is 12.1 Å². The van der Waals surface area contributed by atoms with Crippen LogP contribution in [0.1, 0.15) is 24.2 Å². The summed E-state index contributed by atoms with van der Waals surface area (Å²) >= 11 is 3.36. The van der Waals surface area contributed by atoms with Crippen LogP contribution < -0.4 is 4.74 Å². The molecule has 2 aromatic carbocycles. The lowest BCUT2D eigenvalue weighted by Gasteiger charge is -2.14. The molecule has 0 aliphatic heterocycles. The van der Waals surface area contributed by atoms with Crippen molar-refractivity contribution in [2.45, 2.75) is 19.6 Å². The Bertz CT molecular complexity index is 553. The Labute approximate surface area is 120 Å². The van der Waals surface area contributed by atoms with Crippen LogP contribution in [0, 0.1) is 5.82 Å². The zero-order chi connectivity index (χ0) is 13.8. The van der Waals surface area contributed by atoms with Gasteiger partial charge in [0.2, 0.25) is 0 Å². The van der Waals surface area contributed by atoms with Gasteiger partial charge in [-0.1, -0.05) is 28.1 Å². The molecular weight excluding hydrogens is 311 g/mol. The smallest absolute Gasteiger partial charge is 0.125 e. The van der Waals surface area contributed by atoms with Crippen LogP contribution in [0.15, 0.2) is 46.9 Å². The first kappa shape index (κ1) is 14.0. The van der Waals surface area contributed by atoms with Crippen LogP contribution in [0.2, 0.25) is 0 Å². The van der Waals surface area contributed by atoms with Crippen LogP contribution >= 0.6 is 15.9 Å². The lowest BCUT2D eigenvalue weighted by atomic mass is 10.1. The van der Waals surface area contributed by atoms with Gasteiger partial charge in [-0.3, -0.25) is 0 Å². The summed E-state index contributed by atoms with van der Waals surface area (Å²) in [4.78, 5) is 0. The first-order chi connectivity index (χ1) is 9.06. The van der Waals surface area contributed by atoms with Gasteiger partial charge in [0.05, 0.1) is 6.10 Å². The molecule has 0 aliphatic rings. The van der Waals surface area contributed by atoms with Gasteiger partial charge in [0.15, 0.2) is 0 Å². The van der Waals surface area contributed by atoms with Gasteiger partial charge in [-0.15, -0.1) is 0 Å². The maximum Gasteiger partial charge on any atom is 0.125 e. The third-order valence-electron chi connectivity index (χ3n) is 2.73. The largest absolute Gasteiger partial charge is 0.489 e. The summed E-state index contributed by atoms with van der Waals surface area (Å²) in [6.07, 6.45) is -0.610. The predicted octanol–water partition coefficient (Wildman–Crippen LogP) is 4.22. The van der Waals surface area contributed by atoms with Crippen LogP contribution in [0.25, 0.3) is 0 Å². The molecule has 0 aromatic heterocycles. The van der Waals surface area contributed by atoms with Crippen molar-refractivity contribution >= 4 is 15.9 Å². The molecule has 0 bridgehead atoms. The van der Waals surface area contributed by atoms with E-state index in [1.165, 1.54) is 12.1 Å². The van der Waals surface area contributed by atoms with E-state index in [9.17, 15) is 9.50 Å².